The number of ether oxygens (including phenoxy) is 1. The molecule has 1 aliphatic carbocycles. The molecule has 0 aromatic heterocycles. The van der Waals surface area contributed by atoms with Crippen LogP contribution < -0.4 is 4.74 Å². The first-order chi connectivity index (χ1) is 15.1. The highest BCUT2D eigenvalue weighted by atomic mass is 16.5. The Morgan fingerprint density at radius 3 is 1.87 bits per heavy atom. The SMILES string of the molecule is CCc1cc2c(cc1O)Oc1cc(O)c(C)cc1C21c2ccccc2-c2ccccc21. The molecule has 0 atom stereocenters. The van der Waals surface area contributed by atoms with E-state index in [4.69, 9.17) is 4.74 Å². The Morgan fingerprint density at radius 1 is 0.710 bits per heavy atom. The van der Waals surface area contributed by atoms with Gasteiger partial charge in [-0.15, -0.1) is 0 Å². The van der Waals surface area contributed by atoms with E-state index in [1.54, 1.807) is 12.1 Å². The Labute approximate surface area is 181 Å². The summed E-state index contributed by atoms with van der Waals surface area (Å²) in [5.74, 6) is 1.67. The quantitative estimate of drug-likeness (QED) is 0.330. The van der Waals surface area contributed by atoms with E-state index >= 15 is 0 Å². The minimum atomic E-state index is -0.577. The molecular weight excluding hydrogens is 384 g/mol. The predicted octanol–water partition coefficient (Wildman–Crippen LogP) is 6.44. The third-order valence-corrected chi connectivity index (χ3v) is 6.84. The fraction of sp³-hybridized carbons (Fsp3) is 0.143. The van der Waals surface area contributed by atoms with Crippen LogP contribution in [0.15, 0.2) is 72.8 Å². The van der Waals surface area contributed by atoms with Crippen LogP contribution in [-0.4, -0.2) is 10.2 Å². The van der Waals surface area contributed by atoms with E-state index in [0.29, 0.717) is 11.5 Å². The summed E-state index contributed by atoms with van der Waals surface area (Å²) in [5.41, 5.74) is 7.95. The molecule has 6 rings (SSSR count). The monoisotopic (exact) mass is 406 g/mol. The van der Waals surface area contributed by atoms with E-state index in [1.165, 1.54) is 22.3 Å². The molecule has 2 N–H and O–H groups in total. The molecule has 3 heteroatoms. The fourth-order valence-electron chi connectivity index (χ4n) is 5.41. The van der Waals surface area contributed by atoms with Gasteiger partial charge in [0.15, 0.2) is 0 Å². The average molecular weight is 406 g/mol. The number of phenols is 2. The molecule has 1 spiro atoms. The molecule has 4 aromatic carbocycles. The van der Waals surface area contributed by atoms with Crippen molar-refractivity contribution in [3.63, 3.8) is 0 Å². The molecule has 0 bridgehead atoms. The lowest BCUT2D eigenvalue weighted by Gasteiger charge is -2.40. The maximum Gasteiger partial charge on any atom is 0.135 e. The van der Waals surface area contributed by atoms with Crippen LogP contribution in [0, 0.1) is 6.92 Å². The van der Waals surface area contributed by atoms with Gasteiger partial charge in [-0.3, -0.25) is 0 Å². The molecule has 152 valence electrons. The second-order valence-corrected chi connectivity index (χ2v) is 8.41. The third kappa shape index (κ3) is 2.18. The van der Waals surface area contributed by atoms with Crippen molar-refractivity contribution in [3.8, 4) is 34.1 Å². The lowest BCUT2D eigenvalue weighted by atomic mass is 9.65. The zero-order valence-corrected chi connectivity index (χ0v) is 17.4. The van der Waals surface area contributed by atoms with Crippen LogP contribution in [0.5, 0.6) is 23.0 Å². The molecule has 3 nitrogen and oxygen atoms in total. The summed E-state index contributed by atoms with van der Waals surface area (Å²) in [4.78, 5) is 0. The molecule has 0 amide bonds. The van der Waals surface area contributed by atoms with Crippen molar-refractivity contribution in [2.45, 2.75) is 25.7 Å². The molecule has 1 heterocycles. The Kier molecular flexibility index (Phi) is 3.58. The number of fused-ring (bicyclic) bond motifs is 9. The van der Waals surface area contributed by atoms with E-state index in [-0.39, 0.29) is 11.5 Å². The van der Waals surface area contributed by atoms with E-state index < -0.39 is 5.41 Å². The second kappa shape index (κ2) is 6.14. The van der Waals surface area contributed by atoms with Gasteiger partial charge >= 0.3 is 0 Å². The third-order valence-electron chi connectivity index (χ3n) is 6.84. The van der Waals surface area contributed by atoms with Crippen molar-refractivity contribution in [1.82, 2.24) is 0 Å². The van der Waals surface area contributed by atoms with Crippen molar-refractivity contribution < 1.29 is 14.9 Å². The number of rotatable bonds is 1. The lowest BCUT2D eigenvalue weighted by Crippen LogP contribution is -2.32. The van der Waals surface area contributed by atoms with E-state index in [1.807, 2.05) is 19.9 Å². The first-order valence-corrected chi connectivity index (χ1v) is 10.6. The van der Waals surface area contributed by atoms with Gasteiger partial charge in [-0.25, -0.2) is 0 Å². The number of aryl methyl sites for hydroxylation is 2. The normalized spacial score (nSPS) is 14.4. The summed E-state index contributed by atoms with van der Waals surface area (Å²) in [5, 5.41) is 21.1. The number of phenolic OH excluding ortho intramolecular Hbond substituents is 2. The van der Waals surface area contributed by atoms with Gasteiger partial charge in [-0.1, -0.05) is 55.5 Å². The highest BCUT2D eigenvalue weighted by Gasteiger charge is 2.51. The molecule has 0 unspecified atom stereocenters. The van der Waals surface area contributed by atoms with Crippen LogP contribution in [0.4, 0.5) is 0 Å². The van der Waals surface area contributed by atoms with Crippen molar-refractivity contribution in [3.05, 3.63) is 106 Å². The molecule has 2 aliphatic rings. The summed E-state index contributed by atoms with van der Waals surface area (Å²) in [7, 11) is 0. The van der Waals surface area contributed by atoms with Gasteiger partial charge in [0.25, 0.3) is 0 Å². The molecule has 0 radical (unpaired) electrons. The standard InChI is InChI=1S/C28H22O3/c1-3-17-13-23-27(15-25(17)30)31-26-14-24(29)16(2)12-22(26)28(23)20-10-6-4-8-18(20)19-9-5-7-11-21(19)28/h4-15,29-30H,3H2,1-2H3. The van der Waals surface area contributed by atoms with Crippen LogP contribution in [0.25, 0.3) is 11.1 Å². The van der Waals surface area contributed by atoms with Crippen LogP contribution >= 0.6 is 0 Å². The van der Waals surface area contributed by atoms with E-state index in [9.17, 15) is 10.2 Å². The number of hydrogen-bond acceptors (Lipinski definition) is 3. The van der Waals surface area contributed by atoms with Gasteiger partial charge in [0.2, 0.25) is 0 Å². The first kappa shape index (κ1) is 18.1. The summed E-state index contributed by atoms with van der Waals surface area (Å²) >= 11 is 0. The summed E-state index contributed by atoms with van der Waals surface area (Å²) in [6.07, 6.45) is 0.722. The van der Waals surface area contributed by atoms with Crippen molar-refractivity contribution >= 4 is 0 Å². The number of benzene rings is 4. The Bertz CT molecular complexity index is 1340. The Balaban J connectivity index is 1.84. The van der Waals surface area contributed by atoms with Crippen molar-refractivity contribution in [2.75, 3.05) is 0 Å². The van der Waals surface area contributed by atoms with E-state index in [0.717, 1.165) is 28.7 Å². The predicted molar refractivity (Wildman–Crippen MR) is 121 cm³/mol. The molecule has 1 aliphatic heterocycles. The highest BCUT2D eigenvalue weighted by Crippen LogP contribution is 2.63. The molecule has 0 saturated heterocycles. The fourth-order valence-corrected chi connectivity index (χ4v) is 5.41. The van der Waals surface area contributed by atoms with Crippen LogP contribution in [0.1, 0.15) is 40.3 Å². The van der Waals surface area contributed by atoms with Crippen LogP contribution in [0.2, 0.25) is 0 Å². The average Bonchev–Trinajstić information content (AvgIpc) is 3.07. The smallest absolute Gasteiger partial charge is 0.135 e. The van der Waals surface area contributed by atoms with Gasteiger partial charge in [0.05, 0.1) is 5.41 Å². The zero-order valence-electron chi connectivity index (χ0n) is 17.4. The number of hydrogen-bond donors (Lipinski definition) is 2. The van der Waals surface area contributed by atoms with Crippen molar-refractivity contribution in [1.29, 1.82) is 0 Å². The maximum atomic E-state index is 10.6. The summed E-state index contributed by atoms with van der Waals surface area (Å²) in [6, 6.07) is 24.6. The van der Waals surface area contributed by atoms with Gasteiger partial charge in [0.1, 0.15) is 23.0 Å². The van der Waals surface area contributed by atoms with Gasteiger partial charge in [-0.2, -0.15) is 0 Å². The molecule has 0 saturated carbocycles. The number of aromatic hydroxyl groups is 2. The minimum Gasteiger partial charge on any atom is -0.508 e. The lowest BCUT2D eigenvalue weighted by molar-refractivity contribution is 0.414. The second-order valence-electron chi connectivity index (χ2n) is 8.41. The van der Waals surface area contributed by atoms with Crippen LogP contribution in [-0.2, 0) is 11.8 Å². The summed E-state index contributed by atoms with van der Waals surface area (Å²) in [6.45, 7) is 3.96. The topological polar surface area (TPSA) is 49.7 Å². The molecule has 0 fully saturated rings. The molecular formula is C28H22O3. The minimum absolute atomic E-state index is 0.200. The first-order valence-electron chi connectivity index (χ1n) is 10.6. The van der Waals surface area contributed by atoms with E-state index in [2.05, 4.69) is 54.6 Å². The molecule has 31 heavy (non-hydrogen) atoms. The largest absolute Gasteiger partial charge is 0.508 e. The summed E-state index contributed by atoms with van der Waals surface area (Å²) < 4.78 is 6.29. The Hall–Kier alpha value is -3.72. The molecule has 4 aromatic rings. The van der Waals surface area contributed by atoms with Gasteiger partial charge < -0.3 is 14.9 Å². The van der Waals surface area contributed by atoms with Gasteiger partial charge in [0, 0.05) is 23.3 Å². The van der Waals surface area contributed by atoms with Crippen LogP contribution in [0.3, 0.4) is 0 Å². The van der Waals surface area contributed by atoms with Crippen molar-refractivity contribution in [2.24, 2.45) is 0 Å². The van der Waals surface area contributed by atoms with Gasteiger partial charge in [-0.05, 0) is 58.9 Å². The maximum absolute atomic E-state index is 10.6. The highest BCUT2D eigenvalue weighted by molar-refractivity contribution is 5.88. The zero-order chi connectivity index (χ0) is 21.3. The Morgan fingerprint density at radius 2 is 1.26 bits per heavy atom.